The number of rotatable bonds is 9. The van der Waals surface area contributed by atoms with Crippen LogP contribution in [-0.4, -0.2) is 19.1 Å². The average molecular weight is 361 g/mol. The summed E-state index contributed by atoms with van der Waals surface area (Å²) in [5, 5.41) is 2.77. The molecule has 0 aliphatic carbocycles. The molecule has 3 nitrogen and oxygen atoms in total. The molecule has 1 N–H and O–H groups in total. The first-order valence-electron chi connectivity index (χ1n) is 8.86. The molecule has 2 rings (SSSR count). The Morgan fingerprint density at radius 1 is 1.04 bits per heavy atom. The van der Waals surface area contributed by atoms with Crippen molar-refractivity contribution in [2.45, 2.75) is 39.5 Å². The molecule has 1 amide bonds. The molecule has 2 aromatic rings. The van der Waals surface area contributed by atoms with Crippen LogP contribution in [0.1, 0.15) is 36.0 Å². The van der Waals surface area contributed by atoms with Crippen LogP contribution in [0.3, 0.4) is 0 Å². The molecule has 0 heterocycles. The number of ether oxygens (including phenoxy) is 1. The Balaban J connectivity index is 1.59. The van der Waals surface area contributed by atoms with Gasteiger partial charge >= 0.3 is 0 Å². The fourth-order valence-corrected chi connectivity index (χ4v) is 2.62. The summed E-state index contributed by atoms with van der Waals surface area (Å²) in [5.74, 6) is -0.379. The Bertz CT molecular complexity index is 727. The lowest BCUT2D eigenvalue weighted by Gasteiger charge is -2.10. The molecule has 0 aliphatic rings. The van der Waals surface area contributed by atoms with E-state index in [9.17, 15) is 13.6 Å². The van der Waals surface area contributed by atoms with Crippen molar-refractivity contribution in [3.05, 3.63) is 64.7 Å². The zero-order valence-electron chi connectivity index (χ0n) is 15.3. The van der Waals surface area contributed by atoms with E-state index < -0.39 is 11.6 Å². The molecule has 0 fully saturated rings. The summed E-state index contributed by atoms with van der Waals surface area (Å²) in [6.45, 7) is 4.96. The number of halogens is 2. The SMILES string of the molecule is Cc1ccc(C)c(OCCCCC(=O)NCCc2cc(F)cc(F)c2)c1. The van der Waals surface area contributed by atoms with E-state index in [0.29, 0.717) is 31.6 Å². The Labute approximate surface area is 153 Å². The second-order valence-corrected chi connectivity index (χ2v) is 6.45. The third-order valence-corrected chi connectivity index (χ3v) is 4.06. The fraction of sp³-hybridized carbons (Fsp3) is 0.381. The smallest absolute Gasteiger partial charge is 0.220 e. The van der Waals surface area contributed by atoms with E-state index in [1.54, 1.807) is 0 Å². The van der Waals surface area contributed by atoms with Gasteiger partial charge in [0.1, 0.15) is 17.4 Å². The van der Waals surface area contributed by atoms with Crippen LogP contribution in [0.2, 0.25) is 0 Å². The van der Waals surface area contributed by atoms with Crippen molar-refractivity contribution in [3.8, 4) is 5.75 Å². The first-order chi connectivity index (χ1) is 12.4. The maximum absolute atomic E-state index is 13.1. The molecule has 0 unspecified atom stereocenters. The van der Waals surface area contributed by atoms with Crippen molar-refractivity contribution < 1.29 is 18.3 Å². The van der Waals surface area contributed by atoms with Gasteiger partial charge in [-0.1, -0.05) is 12.1 Å². The van der Waals surface area contributed by atoms with Crippen LogP contribution in [-0.2, 0) is 11.2 Å². The Morgan fingerprint density at radius 3 is 2.50 bits per heavy atom. The zero-order valence-corrected chi connectivity index (χ0v) is 15.3. The molecule has 26 heavy (non-hydrogen) atoms. The normalized spacial score (nSPS) is 10.6. The standard InChI is InChI=1S/C21H25F2NO2/c1-15-6-7-16(2)20(11-15)26-10-4-3-5-21(25)24-9-8-17-12-18(22)14-19(23)13-17/h6-7,11-14H,3-5,8-10H2,1-2H3,(H,24,25). The van der Waals surface area contributed by atoms with E-state index in [1.165, 1.54) is 12.1 Å². The van der Waals surface area contributed by atoms with Gasteiger partial charge in [0.25, 0.3) is 0 Å². The minimum atomic E-state index is -0.602. The average Bonchev–Trinajstić information content (AvgIpc) is 2.56. The molecule has 0 aliphatic heterocycles. The van der Waals surface area contributed by atoms with Crippen LogP contribution in [0.25, 0.3) is 0 Å². The predicted molar refractivity (Wildman–Crippen MR) is 98.3 cm³/mol. The van der Waals surface area contributed by atoms with Gasteiger partial charge in [-0.15, -0.1) is 0 Å². The predicted octanol–water partition coefficient (Wildman–Crippen LogP) is 4.49. The highest BCUT2D eigenvalue weighted by Crippen LogP contribution is 2.19. The number of hydrogen-bond donors (Lipinski definition) is 1. The van der Waals surface area contributed by atoms with Gasteiger partial charge in [0, 0.05) is 19.0 Å². The Kier molecular flexibility index (Phi) is 7.57. The van der Waals surface area contributed by atoms with Crippen LogP contribution in [0.5, 0.6) is 5.75 Å². The van der Waals surface area contributed by atoms with E-state index in [-0.39, 0.29) is 5.91 Å². The molecule has 0 radical (unpaired) electrons. The van der Waals surface area contributed by atoms with Crippen LogP contribution >= 0.6 is 0 Å². The summed E-state index contributed by atoms with van der Waals surface area (Å²) in [6, 6.07) is 9.48. The number of nitrogens with one attached hydrogen (secondary N) is 1. The number of unbranched alkanes of at least 4 members (excludes halogenated alkanes) is 1. The summed E-state index contributed by atoms with van der Waals surface area (Å²) in [6.07, 6.45) is 2.32. The number of carbonyl (C=O) groups is 1. The molecular weight excluding hydrogens is 336 g/mol. The molecule has 0 saturated carbocycles. The lowest BCUT2D eigenvalue weighted by molar-refractivity contribution is -0.121. The van der Waals surface area contributed by atoms with Gasteiger partial charge in [-0.25, -0.2) is 8.78 Å². The molecule has 140 valence electrons. The van der Waals surface area contributed by atoms with E-state index in [4.69, 9.17) is 4.74 Å². The number of carbonyl (C=O) groups excluding carboxylic acids is 1. The maximum Gasteiger partial charge on any atom is 0.220 e. The van der Waals surface area contributed by atoms with E-state index >= 15 is 0 Å². The highest BCUT2D eigenvalue weighted by atomic mass is 19.1. The number of amides is 1. The fourth-order valence-electron chi connectivity index (χ4n) is 2.62. The minimum absolute atomic E-state index is 0.0615. The summed E-state index contributed by atoms with van der Waals surface area (Å²) in [7, 11) is 0. The van der Waals surface area contributed by atoms with Crippen molar-refractivity contribution >= 4 is 5.91 Å². The third kappa shape index (κ3) is 6.82. The lowest BCUT2D eigenvalue weighted by Crippen LogP contribution is -2.25. The molecule has 0 spiro atoms. The lowest BCUT2D eigenvalue weighted by atomic mass is 10.1. The number of aryl methyl sites for hydroxylation is 2. The van der Waals surface area contributed by atoms with Crippen molar-refractivity contribution in [1.29, 1.82) is 0 Å². The molecule has 0 aromatic heterocycles. The highest BCUT2D eigenvalue weighted by molar-refractivity contribution is 5.75. The molecule has 2 aromatic carbocycles. The first-order valence-corrected chi connectivity index (χ1v) is 8.86. The van der Waals surface area contributed by atoms with Crippen LogP contribution in [0.4, 0.5) is 8.78 Å². The quantitative estimate of drug-likeness (QED) is 0.668. The Hall–Kier alpha value is -2.43. The third-order valence-electron chi connectivity index (χ3n) is 4.06. The van der Waals surface area contributed by atoms with Crippen molar-refractivity contribution in [1.82, 2.24) is 5.32 Å². The zero-order chi connectivity index (χ0) is 18.9. The van der Waals surface area contributed by atoms with E-state index in [2.05, 4.69) is 5.32 Å². The molecule has 5 heteroatoms. The van der Waals surface area contributed by atoms with E-state index in [0.717, 1.165) is 35.8 Å². The van der Waals surface area contributed by atoms with Gasteiger partial charge in [-0.3, -0.25) is 4.79 Å². The van der Waals surface area contributed by atoms with Gasteiger partial charge in [0.15, 0.2) is 0 Å². The van der Waals surface area contributed by atoms with Gasteiger partial charge < -0.3 is 10.1 Å². The largest absolute Gasteiger partial charge is 0.493 e. The van der Waals surface area contributed by atoms with Gasteiger partial charge in [-0.05, 0) is 68.0 Å². The van der Waals surface area contributed by atoms with Crippen molar-refractivity contribution in [2.24, 2.45) is 0 Å². The Morgan fingerprint density at radius 2 is 1.77 bits per heavy atom. The summed E-state index contributed by atoms with van der Waals surface area (Å²) < 4.78 is 31.9. The summed E-state index contributed by atoms with van der Waals surface area (Å²) >= 11 is 0. The summed E-state index contributed by atoms with van der Waals surface area (Å²) in [4.78, 5) is 11.8. The number of benzene rings is 2. The first kappa shape index (κ1) is 19.9. The molecule has 0 saturated heterocycles. The maximum atomic E-state index is 13.1. The van der Waals surface area contributed by atoms with Gasteiger partial charge in [0.2, 0.25) is 5.91 Å². The van der Waals surface area contributed by atoms with E-state index in [1.807, 2.05) is 32.0 Å². The van der Waals surface area contributed by atoms with Crippen LogP contribution < -0.4 is 10.1 Å². The van der Waals surface area contributed by atoms with Gasteiger partial charge in [-0.2, -0.15) is 0 Å². The minimum Gasteiger partial charge on any atom is -0.493 e. The van der Waals surface area contributed by atoms with Crippen LogP contribution in [0, 0.1) is 25.5 Å². The molecule has 0 atom stereocenters. The monoisotopic (exact) mass is 361 g/mol. The topological polar surface area (TPSA) is 38.3 Å². The second kappa shape index (κ2) is 9.90. The highest BCUT2D eigenvalue weighted by Gasteiger charge is 2.04. The number of hydrogen-bond acceptors (Lipinski definition) is 2. The van der Waals surface area contributed by atoms with Crippen molar-refractivity contribution in [3.63, 3.8) is 0 Å². The van der Waals surface area contributed by atoms with Crippen molar-refractivity contribution in [2.75, 3.05) is 13.2 Å². The molecular formula is C21H25F2NO2. The van der Waals surface area contributed by atoms with Crippen LogP contribution in [0.15, 0.2) is 36.4 Å². The van der Waals surface area contributed by atoms with Gasteiger partial charge in [0.05, 0.1) is 6.61 Å². The second-order valence-electron chi connectivity index (χ2n) is 6.45. The summed E-state index contributed by atoms with van der Waals surface area (Å²) in [5.41, 5.74) is 2.79. The molecule has 0 bridgehead atoms.